The standard InChI is InChI=1S/C10H22N2O2/c1-8-4-3-5-9(2)12(8)11-6-10(14)7-13/h8-11,13-14H,3-7H2,1-2H3/t8?,9?,10-/m0/s1. The Labute approximate surface area is 85.9 Å². The number of hydrazine groups is 1. The van der Waals surface area contributed by atoms with Gasteiger partial charge in [0.05, 0.1) is 12.7 Å². The van der Waals surface area contributed by atoms with Crippen molar-refractivity contribution >= 4 is 0 Å². The maximum atomic E-state index is 9.22. The summed E-state index contributed by atoms with van der Waals surface area (Å²) < 4.78 is 0. The van der Waals surface area contributed by atoms with Crippen molar-refractivity contribution in [2.24, 2.45) is 0 Å². The fourth-order valence-corrected chi connectivity index (χ4v) is 2.01. The molecule has 1 heterocycles. The summed E-state index contributed by atoms with van der Waals surface area (Å²) in [5.41, 5.74) is 3.20. The quantitative estimate of drug-likeness (QED) is 0.605. The van der Waals surface area contributed by atoms with Gasteiger partial charge in [0.2, 0.25) is 0 Å². The van der Waals surface area contributed by atoms with Crippen LogP contribution in [-0.2, 0) is 0 Å². The SMILES string of the molecule is CC1CCCC(C)N1NC[C@H](O)CO. The topological polar surface area (TPSA) is 55.7 Å². The molecule has 0 aromatic rings. The van der Waals surface area contributed by atoms with Gasteiger partial charge in [-0.2, -0.15) is 0 Å². The average molecular weight is 202 g/mol. The van der Waals surface area contributed by atoms with Crippen molar-refractivity contribution in [3.8, 4) is 0 Å². The molecule has 0 spiro atoms. The van der Waals surface area contributed by atoms with Crippen LogP contribution in [0.3, 0.4) is 0 Å². The van der Waals surface area contributed by atoms with Gasteiger partial charge in [-0.15, -0.1) is 0 Å². The first-order valence-electron chi connectivity index (χ1n) is 5.46. The minimum Gasteiger partial charge on any atom is -0.394 e. The molecule has 0 aromatic carbocycles. The fraction of sp³-hybridized carbons (Fsp3) is 1.00. The number of aliphatic hydroxyl groups is 2. The van der Waals surface area contributed by atoms with Gasteiger partial charge in [0.25, 0.3) is 0 Å². The molecule has 0 bridgehead atoms. The third kappa shape index (κ3) is 3.20. The van der Waals surface area contributed by atoms with Crippen LogP contribution >= 0.6 is 0 Å². The zero-order valence-electron chi connectivity index (χ0n) is 9.11. The van der Waals surface area contributed by atoms with Crippen molar-refractivity contribution in [3.05, 3.63) is 0 Å². The van der Waals surface area contributed by atoms with E-state index >= 15 is 0 Å². The molecule has 0 saturated carbocycles. The lowest BCUT2D eigenvalue weighted by Gasteiger charge is -2.39. The summed E-state index contributed by atoms with van der Waals surface area (Å²) in [4.78, 5) is 0. The Hall–Kier alpha value is -0.160. The van der Waals surface area contributed by atoms with Gasteiger partial charge in [0.15, 0.2) is 0 Å². The van der Waals surface area contributed by atoms with Gasteiger partial charge in [-0.05, 0) is 26.7 Å². The van der Waals surface area contributed by atoms with E-state index in [4.69, 9.17) is 5.11 Å². The summed E-state index contributed by atoms with van der Waals surface area (Å²) in [5, 5.41) is 20.1. The molecule has 3 N–H and O–H groups in total. The molecule has 1 fully saturated rings. The Morgan fingerprint density at radius 2 is 1.93 bits per heavy atom. The van der Waals surface area contributed by atoms with Crippen LogP contribution in [0, 0.1) is 0 Å². The predicted octanol–water partition coefficient (Wildman–Crippen LogP) is 0.107. The van der Waals surface area contributed by atoms with Crippen LogP contribution in [-0.4, -0.2) is 46.6 Å². The molecule has 1 aliphatic heterocycles. The summed E-state index contributed by atoms with van der Waals surface area (Å²) >= 11 is 0. The first-order valence-corrected chi connectivity index (χ1v) is 5.46. The molecule has 4 heteroatoms. The largest absolute Gasteiger partial charge is 0.394 e. The van der Waals surface area contributed by atoms with Crippen LogP contribution in [0.15, 0.2) is 0 Å². The van der Waals surface area contributed by atoms with E-state index in [0.717, 1.165) is 0 Å². The minimum atomic E-state index is -0.656. The van der Waals surface area contributed by atoms with E-state index < -0.39 is 6.10 Å². The lowest BCUT2D eigenvalue weighted by atomic mass is 10.00. The zero-order chi connectivity index (χ0) is 10.6. The third-order valence-corrected chi connectivity index (χ3v) is 2.91. The normalized spacial score (nSPS) is 31.7. The highest BCUT2D eigenvalue weighted by molar-refractivity contribution is 4.77. The Kier molecular flexibility index (Phi) is 4.81. The van der Waals surface area contributed by atoms with Crippen LogP contribution in [0.25, 0.3) is 0 Å². The number of aliphatic hydroxyl groups excluding tert-OH is 2. The van der Waals surface area contributed by atoms with Crippen molar-refractivity contribution in [2.45, 2.75) is 51.3 Å². The fourth-order valence-electron chi connectivity index (χ4n) is 2.01. The Bertz CT molecular complexity index is 156. The molecule has 84 valence electrons. The number of piperidine rings is 1. The summed E-state index contributed by atoms with van der Waals surface area (Å²) in [7, 11) is 0. The number of nitrogens with zero attached hydrogens (tertiary/aromatic N) is 1. The zero-order valence-corrected chi connectivity index (χ0v) is 9.11. The Morgan fingerprint density at radius 1 is 1.36 bits per heavy atom. The Morgan fingerprint density at radius 3 is 2.43 bits per heavy atom. The Balaban J connectivity index is 2.32. The third-order valence-electron chi connectivity index (χ3n) is 2.91. The van der Waals surface area contributed by atoms with Crippen molar-refractivity contribution in [2.75, 3.05) is 13.2 Å². The van der Waals surface area contributed by atoms with Gasteiger partial charge in [-0.3, -0.25) is 5.43 Å². The number of rotatable bonds is 4. The molecule has 1 rings (SSSR count). The highest BCUT2D eigenvalue weighted by Gasteiger charge is 2.24. The van der Waals surface area contributed by atoms with Gasteiger partial charge in [-0.25, -0.2) is 5.01 Å². The second-order valence-corrected chi connectivity index (χ2v) is 4.23. The molecule has 14 heavy (non-hydrogen) atoms. The van der Waals surface area contributed by atoms with Crippen LogP contribution in [0.2, 0.25) is 0 Å². The van der Waals surface area contributed by atoms with Crippen molar-refractivity contribution in [1.82, 2.24) is 10.4 Å². The molecule has 1 aliphatic rings. The molecule has 4 nitrogen and oxygen atoms in total. The molecule has 0 aromatic heterocycles. The monoisotopic (exact) mass is 202 g/mol. The van der Waals surface area contributed by atoms with Gasteiger partial charge < -0.3 is 10.2 Å². The van der Waals surface area contributed by atoms with E-state index in [1.165, 1.54) is 19.3 Å². The average Bonchev–Trinajstić information content (AvgIpc) is 2.16. The van der Waals surface area contributed by atoms with E-state index in [2.05, 4.69) is 24.3 Å². The molecule has 0 amide bonds. The lowest BCUT2D eigenvalue weighted by Crippen LogP contribution is -2.54. The smallest absolute Gasteiger partial charge is 0.0908 e. The van der Waals surface area contributed by atoms with Gasteiger partial charge in [0.1, 0.15) is 0 Å². The highest BCUT2D eigenvalue weighted by atomic mass is 16.3. The molecule has 2 unspecified atom stereocenters. The molecule has 3 atom stereocenters. The van der Waals surface area contributed by atoms with Crippen molar-refractivity contribution in [3.63, 3.8) is 0 Å². The maximum absolute atomic E-state index is 9.22. The second kappa shape index (κ2) is 5.66. The van der Waals surface area contributed by atoms with E-state index in [1.54, 1.807) is 0 Å². The lowest BCUT2D eigenvalue weighted by molar-refractivity contribution is 0.0142. The number of hydrogen-bond acceptors (Lipinski definition) is 4. The molecule has 0 aliphatic carbocycles. The van der Waals surface area contributed by atoms with Gasteiger partial charge >= 0.3 is 0 Å². The van der Waals surface area contributed by atoms with Crippen LogP contribution in [0.1, 0.15) is 33.1 Å². The van der Waals surface area contributed by atoms with Crippen LogP contribution < -0.4 is 5.43 Å². The summed E-state index contributed by atoms with van der Waals surface area (Å²) in [6, 6.07) is 1.04. The molecule has 1 saturated heterocycles. The predicted molar refractivity (Wildman–Crippen MR) is 55.7 cm³/mol. The first kappa shape index (κ1) is 11.9. The van der Waals surface area contributed by atoms with Gasteiger partial charge in [0, 0.05) is 18.6 Å². The van der Waals surface area contributed by atoms with E-state index in [1.807, 2.05) is 0 Å². The van der Waals surface area contributed by atoms with E-state index in [0.29, 0.717) is 18.6 Å². The van der Waals surface area contributed by atoms with Crippen molar-refractivity contribution < 1.29 is 10.2 Å². The molecule has 0 radical (unpaired) electrons. The summed E-state index contributed by atoms with van der Waals surface area (Å²) in [6.45, 7) is 4.64. The van der Waals surface area contributed by atoms with Crippen molar-refractivity contribution in [1.29, 1.82) is 0 Å². The number of hydrogen-bond donors (Lipinski definition) is 3. The minimum absolute atomic E-state index is 0.177. The second-order valence-electron chi connectivity index (χ2n) is 4.23. The van der Waals surface area contributed by atoms with Gasteiger partial charge in [-0.1, -0.05) is 6.42 Å². The number of nitrogens with one attached hydrogen (secondary N) is 1. The molecular weight excluding hydrogens is 180 g/mol. The summed E-state index contributed by atoms with van der Waals surface area (Å²) in [6.07, 6.45) is 3.03. The van der Waals surface area contributed by atoms with Crippen LogP contribution in [0.4, 0.5) is 0 Å². The molecular formula is C10H22N2O2. The first-order chi connectivity index (χ1) is 6.65. The van der Waals surface area contributed by atoms with E-state index in [-0.39, 0.29) is 6.61 Å². The maximum Gasteiger partial charge on any atom is 0.0908 e. The van der Waals surface area contributed by atoms with Crippen LogP contribution in [0.5, 0.6) is 0 Å². The summed E-state index contributed by atoms with van der Waals surface area (Å²) in [5.74, 6) is 0. The highest BCUT2D eigenvalue weighted by Crippen LogP contribution is 2.19. The van der Waals surface area contributed by atoms with E-state index in [9.17, 15) is 5.11 Å².